The number of rotatable bonds is 6. The Morgan fingerprint density at radius 1 is 0.950 bits per heavy atom. The second kappa shape index (κ2) is 7.11. The molecule has 0 bridgehead atoms. The Hall–Kier alpha value is -1.80. The van der Waals surface area contributed by atoms with Crippen molar-refractivity contribution in [2.45, 2.75) is 26.9 Å². The summed E-state index contributed by atoms with van der Waals surface area (Å²) in [6, 6.07) is 17.2. The highest BCUT2D eigenvalue weighted by Gasteiger charge is 2.07. The number of aryl methyl sites for hydroxylation is 1. The van der Waals surface area contributed by atoms with Crippen LogP contribution in [0, 0.1) is 6.92 Å². The van der Waals surface area contributed by atoms with Crippen LogP contribution in [0.2, 0.25) is 0 Å². The van der Waals surface area contributed by atoms with Crippen molar-refractivity contribution in [3.05, 3.63) is 65.2 Å². The van der Waals surface area contributed by atoms with E-state index in [1.54, 1.807) is 0 Å². The van der Waals surface area contributed by atoms with Crippen molar-refractivity contribution in [3.8, 4) is 0 Å². The molecule has 0 saturated carbocycles. The summed E-state index contributed by atoms with van der Waals surface area (Å²) in [6.07, 6.45) is 0. The molecule has 2 aromatic rings. The Labute approximate surface area is 122 Å². The normalized spacial score (nSPS) is 10.6. The van der Waals surface area contributed by atoms with Gasteiger partial charge in [-0.3, -0.25) is 0 Å². The van der Waals surface area contributed by atoms with Gasteiger partial charge in [0.15, 0.2) is 0 Å². The lowest BCUT2D eigenvalue weighted by molar-refractivity contribution is 0.717. The smallest absolute Gasteiger partial charge is 0.0429 e. The minimum absolute atomic E-state index is 0.937. The first-order valence-corrected chi connectivity index (χ1v) is 7.26. The molecule has 0 aromatic heterocycles. The molecule has 1 N–H and O–H groups in total. The van der Waals surface area contributed by atoms with Crippen molar-refractivity contribution < 1.29 is 0 Å². The van der Waals surface area contributed by atoms with Crippen LogP contribution in [0.3, 0.4) is 0 Å². The fourth-order valence-corrected chi connectivity index (χ4v) is 2.48. The average molecular weight is 268 g/mol. The summed E-state index contributed by atoms with van der Waals surface area (Å²) in [4.78, 5) is 2.32. The van der Waals surface area contributed by atoms with Gasteiger partial charge < -0.3 is 10.2 Å². The molecule has 0 amide bonds. The standard InChI is InChI=1S/C18H24N2/c1-4-19-13-16-10-6-7-11-17(16)14-20(3)18-12-8-5-9-15(18)2/h5-12,19H,4,13-14H2,1-3H3. The SMILES string of the molecule is CCNCc1ccccc1CN(C)c1ccccc1C. The first kappa shape index (κ1) is 14.6. The van der Waals surface area contributed by atoms with Gasteiger partial charge in [0.05, 0.1) is 0 Å². The van der Waals surface area contributed by atoms with E-state index in [-0.39, 0.29) is 0 Å². The lowest BCUT2D eigenvalue weighted by Crippen LogP contribution is -2.20. The summed E-state index contributed by atoms with van der Waals surface area (Å²) in [5.41, 5.74) is 5.39. The molecule has 0 aliphatic carbocycles. The molecule has 0 spiro atoms. The van der Waals surface area contributed by atoms with Crippen LogP contribution in [0.25, 0.3) is 0 Å². The molecule has 0 atom stereocenters. The van der Waals surface area contributed by atoms with E-state index in [2.05, 4.69) is 79.6 Å². The van der Waals surface area contributed by atoms with Crippen LogP contribution in [0.4, 0.5) is 5.69 Å². The highest BCUT2D eigenvalue weighted by atomic mass is 15.1. The lowest BCUT2D eigenvalue weighted by atomic mass is 10.1. The van der Waals surface area contributed by atoms with Crippen molar-refractivity contribution in [2.75, 3.05) is 18.5 Å². The van der Waals surface area contributed by atoms with Crippen molar-refractivity contribution >= 4 is 5.69 Å². The molecule has 0 unspecified atom stereocenters. The van der Waals surface area contributed by atoms with Gasteiger partial charge in [0, 0.05) is 25.8 Å². The van der Waals surface area contributed by atoms with Crippen molar-refractivity contribution in [2.24, 2.45) is 0 Å². The summed E-state index contributed by atoms with van der Waals surface area (Å²) >= 11 is 0. The first-order valence-electron chi connectivity index (χ1n) is 7.26. The number of para-hydroxylation sites is 1. The van der Waals surface area contributed by atoms with Crippen LogP contribution < -0.4 is 10.2 Å². The maximum absolute atomic E-state index is 3.41. The minimum atomic E-state index is 0.937. The Morgan fingerprint density at radius 2 is 1.60 bits per heavy atom. The predicted octanol–water partition coefficient (Wildman–Crippen LogP) is 3.74. The predicted molar refractivity (Wildman–Crippen MR) is 87.1 cm³/mol. The summed E-state index contributed by atoms with van der Waals surface area (Å²) in [5.74, 6) is 0. The molecule has 2 nitrogen and oxygen atoms in total. The minimum Gasteiger partial charge on any atom is -0.370 e. The molecule has 0 heterocycles. The molecule has 0 radical (unpaired) electrons. The summed E-state index contributed by atoms with van der Waals surface area (Å²) < 4.78 is 0. The molecule has 0 saturated heterocycles. The molecule has 2 heteroatoms. The molecule has 20 heavy (non-hydrogen) atoms. The summed E-state index contributed by atoms with van der Waals surface area (Å²) in [5, 5.41) is 3.41. The molecule has 0 aliphatic heterocycles. The van der Waals surface area contributed by atoms with Crippen LogP contribution >= 0.6 is 0 Å². The number of anilines is 1. The third-order valence-electron chi connectivity index (χ3n) is 3.62. The Balaban J connectivity index is 2.15. The Kier molecular flexibility index (Phi) is 5.19. The number of hydrogen-bond acceptors (Lipinski definition) is 2. The van der Waals surface area contributed by atoms with Crippen molar-refractivity contribution in [1.82, 2.24) is 5.32 Å². The van der Waals surface area contributed by atoms with E-state index in [4.69, 9.17) is 0 Å². The van der Waals surface area contributed by atoms with Crippen LogP contribution in [0.1, 0.15) is 23.6 Å². The van der Waals surface area contributed by atoms with Crippen LogP contribution in [0.5, 0.6) is 0 Å². The number of hydrogen-bond donors (Lipinski definition) is 1. The third kappa shape index (κ3) is 3.61. The van der Waals surface area contributed by atoms with Crippen LogP contribution in [0.15, 0.2) is 48.5 Å². The van der Waals surface area contributed by atoms with Crippen molar-refractivity contribution in [3.63, 3.8) is 0 Å². The molecule has 0 fully saturated rings. The first-order chi connectivity index (χ1) is 9.72. The van der Waals surface area contributed by atoms with Crippen molar-refractivity contribution in [1.29, 1.82) is 0 Å². The molecule has 2 rings (SSSR count). The highest BCUT2D eigenvalue weighted by Crippen LogP contribution is 2.21. The maximum atomic E-state index is 3.41. The van der Waals surface area contributed by atoms with Crippen LogP contribution in [-0.4, -0.2) is 13.6 Å². The molecule has 106 valence electrons. The third-order valence-corrected chi connectivity index (χ3v) is 3.62. The maximum Gasteiger partial charge on any atom is 0.0429 e. The summed E-state index contributed by atoms with van der Waals surface area (Å²) in [7, 11) is 2.16. The zero-order chi connectivity index (χ0) is 14.4. The van der Waals surface area contributed by atoms with Gasteiger partial charge in [0.2, 0.25) is 0 Å². The van der Waals surface area contributed by atoms with E-state index in [0.29, 0.717) is 0 Å². The largest absolute Gasteiger partial charge is 0.370 e. The fraction of sp³-hybridized carbons (Fsp3) is 0.333. The second-order valence-corrected chi connectivity index (χ2v) is 5.19. The van der Waals surface area contributed by atoms with Gasteiger partial charge in [-0.2, -0.15) is 0 Å². The van der Waals surface area contributed by atoms with Gasteiger partial charge in [-0.15, -0.1) is 0 Å². The Morgan fingerprint density at radius 3 is 2.30 bits per heavy atom. The topological polar surface area (TPSA) is 15.3 Å². The number of nitrogens with one attached hydrogen (secondary N) is 1. The lowest BCUT2D eigenvalue weighted by Gasteiger charge is -2.23. The van der Waals surface area contributed by atoms with E-state index < -0.39 is 0 Å². The number of benzene rings is 2. The molecular weight excluding hydrogens is 244 g/mol. The van der Waals surface area contributed by atoms with Gasteiger partial charge in [-0.05, 0) is 36.2 Å². The summed E-state index contributed by atoms with van der Waals surface area (Å²) in [6.45, 7) is 7.18. The van der Waals surface area contributed by atoms with E-state index in [9.17, 15) is 0 Å². The molecule has 2 aromatic carbocycles. The monoisotopic (exact) mass is 268 g/mol. The zero-order valence-electron chi connectivity index (χ0n) is 12.7. The van der Waals surface area contributed by atoms with E-state index in [1.807, 2.05) is 0 Å². The van der Waals surface area contributed by atoms with E-state index in [1.165, 1.54) is 22.4 Å². The zero-order valence-corrected chi connectivity index (χ0v) is 12.7. The van der Waals surface area contributed by atoms with Gasteiger partial charge >= 0.3 is 0 Å². The van der Waals surface area contributed by atoms with E-state index in [0.717, 1.165) is 19.6 Å². The second-order valence-electron chi connectivity index (χ2n) is 5.19. The van der Waals surface area contributed by atoms with Gasteiger partial charge in [-0.25, -0.2) is 0 Å². The van der Waals surface area contributed by atoms with Gasteiger partial charge in [-0.1, -0.05) is 49.4 Å². The number of nitrogens with zero attached hydrogens (tertiary/aromatic N) is 1. The van der Waals surface area contributed by atoms with Crippen LogP contribution in [-0.2, 0) is 13.1 Å². The van der Waals surface area contributed by atoms with Gasteiger partial charge in [0.25, 0.3) is 0 Å². The quantitative estimate of drug-likeness (QED) is 0.858. The fourth-order valence-electron chi connectivity index (χ4n) is 2.48. The average Bonchev–Trinajstić information content (AvgIpc) is 2.46. The van der Waals surface area contributed by atoms with Gasteiger partial charge in [0.1, 0.15) is 0 Å². The Bertz CT molecular complexity index is 549. The van der Waals surface area contributed by atoms with E-state index >= 15 is 0 Å². The molecule has 0 aliphatic rings. The molecular formula is C18H24N2. The highest BCUT2D eigenvalue weighted by molar-refractivity contribution is 5.53.